The molecule has 24 heavy (non-hydrogen) atoms. The minimum atomic E-state index is -4.51. The molecule has 10 heteroatoms. The predicted octanol–water partition coefficient (Wildman–Crippen LogP) is 2.06. The van der Waals surface area contributed by atoms with Gasteiger partial charge in [0, 0.05) is 32.2 Å². The number of rotatable bonds is 2. The van der Waals surface area contributed by atoms with Crippen LogP contribution >= 0.6 is 0 Å². The van der Waals surface area contributed by atoms with Crippen LogP contribution in [-0.2, 0) is 6.18 Å². The number of piperazine rings is 1. The van der Waals surface area contributed by atoms with Gasteiger partial charge >= 0.3 is 6.18 Å². The van der Waals surface area contributed by atoms with Gasteiger partial charge in [0.1, 0.15) is 17.3 Å². The molecule has 0 aliphatic carbocycles. The Morgan fingerprint density at radius 1 is 0.958 bits per heavy atom. The summed E-state index contributed by atoms with van der Waals surface area (Å²) in [7, 11) is 0. The molecule has 0 aromatic carbocycles. The van der Waals surface area contributed by atoms with Crippen LogP contribution in [0.3, 0.4) is 0 Å². The van der Waals surface area contributed by atoms with Gasteiger partial charge in [0.05, 0.1) is 12.4 Å². The van der Waals surface area contributed by atoms with Crippen molar-refractivity contribution in [3.05, 3.63) is 35.8 Å². The van der Waals surface area contributed by atoms with Gasteiger partial charge in [0.15, 0.2) is 5.82 Å². The Bertz CT molecular complexity index is 710. The largest absolute Gasteiger partial charge is 0.433 e. The molecule has 6 nitrogen and oxygen atoms in total. The van der Waals surface area contributed by atoms with Crippen LogP contribution in [-0.4, -0.2) is 46.1 Å². The highest BCUT2D eigenvalue weighted by Gasteiger charge is 2.34. The molecule has 1 saturated heterocycles. The maximum atomic E-state index is 12.9. The molecule has 0 bridgehead atoms. The summed E-state index contributed by atoms with van der Waals surface area (Å²) in [6.45, 7) is 3.33. The number of alkyl halides is 3. The Hall–Kier alpha value is -2.52. The lowest BCUT2D eigenvalue weighted by molar-refractivity contribution is -0.141. The number of nitrogens with zero attached hydrogens (tertiary/aromatic N) is 6. The average molecular weight is 342 g/mol. The second-order valence-electron chi connectivity index (χ2n) is 5.33. The molecule has 0 radical (unpaired) electrons. The second-order valence-corrected chi connectivity index (χ2v) is 5.33. The van der Waals surface area contributed by atoms with Gasteiger partial charge in [-0.25, -0.2) is 24.3 Å². The zero-order valence-corrected chi connectivity index (χ0v) is 12.8. The van der Waals surface area contributed by atoms with E-state index in [4.69, 9.17) is 0 Å². The summed E-state index contributed by atoms with van der Waals surface area (Å²) in [5.41, 5.74) is -0.950. The van der Waals surface area contributed by atoms with E-state index in [1.54, 1.807) is 4.90 Å². The molecule has 1 aliphatic heterocycles. The predicted molar refractivity (Wildman–Crippen MR) is 78.2 cm³/mol. The Morgan fingerprint density at radius 3 is 2.12 bits per heavy atom. The van der Waals surface area contributed by atoms with Gasteiger partial charge in [0.2, 0.25) is 5.95 Å². The van der Waals surface area contributed by atoms with Crippen molar-refractivity contribution < 1.29 is 17.6 Å². The molecule has 1 fully saturated rings. The fraction of sp³-hybridized carbons (Fsp3) is 0.429. The highest BCUT2D eigenvalue weighted by molar-refractivity contribution is 5.43. The Balaban J connectivity index is 1.73. The molecule has 0 saturated carbocycles. The number of halogens is 4. The standard InChI is InChI=1S/C14H14F4N6/c1-9-21-11(14(16,17)18)6-12(22-9)23-2-4-24(5-3-23)13-19-7-10(15)8-20-13/h6-8H,2-5H2,1H3. The number of hydrogen-bond acceptors (Lipinski definition) is 6. The van der Waals surface area contributed by atoms with Crippen molar-refractivity contribution in [3.63, 3.8) is 0 Å². The molecule has 0 unspecified atom stereocenters. The SMILES string of the molecule is Cc1nc(N2CCN(c3ncc(F)cn3)CC2)cc(C(F)(F)F)n1. The fourth-order valence-corrected chi connectivity index (χ4v) is 2.46. The Kier molecular flexibility index (Phi) is 4.20. The van der Waals surface area contributed by atoms with Crippen molar-refractivity contribution >= 4 is 11.8 Å². The Morgan fingerprint density at radius 2 is 1.54 bits per heavy atom. The lowest BCUT2D eigenvalue weighted by Gasteiger charge is -2.35. The van der Waals surface area contributed by atoms with E-state index < -0.39 is 17.7 Å². The highest BCUT2D eigenvalue weighted by atomic mass is 19.4. The van der Waals surface area contributed by atoms with Gasteiger partial charge in [-0.1, -0.05) is 0 Å². The molecule has 0 spiro atoms. The van der Waals surface area contributed by atoms with E-state index in [2.05, 4.69) is 19.9 Å². The van der Waals surface area contributed by atoms with Gasteiger partial charge in [-0.05, 0) is 6.92 Å². The average Bonchev–Trinajstić information content (AvgIpc) is 2.54. The second kappa shape index (κ2) is 6.17. The van der Waals surface area contributed by atoms with Crippen LogP contribution in [0.25, 0.3) is 0 Å². The van der Waals surface area contributed by atoms with Crippen LogP contribution in [0, 0.1) is 12.7 Å². The summed E-state index contributed by atoms with van der Waals surface area (Å²) in [4.78, 5) is 18.9. The van der Waals surface area contributed by atoms with Crippen molar-refractivity contribution in [2.24, 2.45) is 0 Å². The summed E-state index contributed by atoms with van der Waals surface area (Å²) < 4.78 is 51.5. The van der Waals surface area contributed by atoms with Crippen LogP contribution in [0.5, 0.6) is 0 Å². The molecule has 2 aromatic heterocycles. The van der Waals surface area contributed by atoms with E-state index in [0.717, 1.165) is 18.5 Å². The first-order valence-electron chi connectivity index (χ1n) is 7.23. The number of anilines is 2. The van der Waals surface area contributed by atoms with Gasteiger partial charge in [0.25, 0.3) is 0 Å². The molecule has 1 aliphatic rings. The first-order chi connectivity index (χ1) is 11.3. The minimum absolute atomic E-state index is 0.0733. The summed E-state index contributed by atoms with van der Waals surface area (Å²) in [6, 6.07) is 0.955. The molecule has 0 atom stereocenters. The van der Waals surface area contributed by atoms with E-state index in [0.29, 0.717) is 32.1 Å². The van der Waals surface area contributed by atoms with Gasteiger partial charge in [-0.3, -0.25) is 0 Å². The van der Waals surface area contributed by atoms with Crippen molar-refractivity contribution in [3.8, 4) is 0 Å². The van der Waals surface area contributed by atoms with Crippen LogP contribution in [0.2, 0.25) is 0 Å². The summed E-state index contributed by atoms with van der Waals surface area (Å²) >= 11 is 0. The van der Waals surface area contributed by atoms with E-state index in [1.807, 2.05) is 4.90 Å². The van der Waals surface area contributed by atoms with Crippen molar-refractivity contribution in [2.45, 2.75) is 13.1 Å². The maximum absolute atomic E-state index is 12.9. The third kappa shape index (κ3) is 3.52. The van der Waals surface area contributed by atoms with Crippen LogP contribution in [0.1, 0.15) is 11.5 Å². The van der Waals surface area contributed by atoms with Crippen LogP contribution in [0.15, 0.2) is 18.5 Å². The smallest absolute Gasteiger partial charge is 0.353 e. The first kappa shape index (κ1) is 16.3. The van der Waals surface area contributed by atoms with E-state index in [-0.39, 0.29) is 11.6 Å². The van der Waals surface area contributed by atoms with E-state index in [9.17, 15) is 17.6 Å². The monoisotopic (exact) mass is 342 g/mol. The topological polar surface area (TPSA) is 58.0 Å². The lowest BCUT2D eigenvalue weighted by Crippen LogP contribution is -2.47. The van der Waals surface area contributed by atoms with Crippen molar-refractivity contribution in [2.75, 3.05) is 36.0 Å². The van der Waals surface area contributed by atoms with Crippen LogP contribution < -0.4 is 9.80 Å². The summed E-state index contributed by atoms with van der Waals surface area (Å²) in [5, 5.41) is 0. The minimum Gasteiger partial charge on any atom is -0.353 e. The third-order valence-electron chi connectivity index (χ3n) is 3.61. The van der Waals surface area contributed by atoms with Crippen molar-refractivity contribution in [1.82, 2.24) is 19.9 Å². The number of aromatic nitrogens is 4. The zero-order valence-electron chi connectivity index (χ0n) is 12.8. The highest BCUT2D eigenvalue weighted by Crippen LogP contribution is 2.30. The molecule has 0 amide bonds. The molecular weight excluding hydrogens is 328 g/mol. The van der Waals surface area contributed by atoms with E-state index in [1.165, 1.54) is 6.92 Å². The summed E-state index contributed by atoms with van der Waals surface area (Å²) in [5.74, 6) is 0.193. The van der Waals surface area contributed by atoms with Crippen LogP contribution in [0.4, 0.5) is 29.3 Å². The lowest BCUT2D eigenvalue weighted by atomic mass is 10.3. The van der Waals surface area contributed by atoms with E-state index >= 15 is 0 Å². The Labute approximate surface area is 135 Å². The normalized spacial score (nSPS) is 15.7. The molecular formula is C14H14F4N6. The van der Waals surface area contributed by atoms with Crippen molar-refractivity contribution in [1.29, 1.82) is 0 Å². The van der Waals surface area contributed by atoms with Gasteiger partial charge < -0.3 is 9.80 Å². The first-order valence-corrected chi connectivity index (χ1v) is 7.23. The number of aryl methyl sites for hydroxylation is 1. The quantitative estimate of drug-likeness (QED) is 0.779. The molecule has 2 aromatic rings. The fourth-order valence-electron chi connectivity index (χ4n) is 2.46. The number of hydrogen-bond donors (Lipinski definition) is 0. The summed E-state index contributed by atoms with van der Waals surface area (Å²) in [6.07, 6.45) is -2.34. The molecule has 128 valence electrons. The molecule has 0 N–H and O–H groups in total. The van der Waals surface area contributed by atoms with Gasteiger partial charge in [-0.2, -0.15) is 13.2 Å². The molecule has 3 heterocycles. The molecule has 3 rings (SSSR count). The third-order valence-corrected chi connectivity index (χ3v) is 3.61. The maximum Gasteiger partial charge on any atom is 0.433 e. The van der Waals surface area contributed by atoms with Gasteiger partial charge in [-0.15, -0.1) is 0 Å². The zero-order chi connectivity index (χ0) is 17.3.